The molecule has 1 fully saturated rings. The molecule has 0 unspecified atom stereocenters. The van der Waals surface area contributed by atoms with Gasteiger partial charge >= 0.3 is 5.97 Å². The minimum atomic E-state index is -0.647. The van der Waals surface area contributed by atoms with Gasteiger partial charge in [-0.25, -0.2) is 4.79 Å². The van der Waals surface area contributed by atoms with Gasteiger partial charge in [0.25, 0.3) is 0 Å². The summed E-state index contributed by atoms with van der Waals surface area (Å²) in [6.45, 7) is 3.61. The number of carbonyl (C=O) groups excluding carboxylic acids is 1. The summed E-state index contributed by atoms with van der Waals surface area (Å²) in [5.41, 5.74) is 1.70. The van der Waals surface area contributed by atoms with Gasteiger partial charge in [-0.1, -0.05) is 6.07 Å². The van der Waals surface area contributed by atoms with E-state index in [-0.39, 0.29) is 12.2 Å². The van der Waals surface area contributed by atoms with E-state index >= 15 is 0 Å². The maximum atomic E-state index is 12.0. The number of pyridine rings is 2. The van der Waals surface area contributed by atoms with E-state index in [1.165, 1.54) is 6.08 Å². The summed E-state index contributed by atoms with van der Waals surface area (Å²) in [7, 11) is 0. The van der Waals surface area contributed by atoms with Crippen molar-refractivity contribution in [2.75, 3.05) is 0 Å². The summed E-state index contributed by atoms with van der Waals surface area (Å²) in [5, 5.41) is 0. The normalized spacial score (nSPS) is 21.8. The van der Waals surface area contributed by atoms with Crippen molar-refractivity contribution in [1.29, 1.82) is 0 Å². The fraction of sp³-hybridized carbons (Fsp3) is 0.316. The molecule has 0 amide bonds. The second kappa shape index (κ2) is 7.90. The Bertz CT molecular complexity index is 682. The molecule has 3 rings (SSSR count). The van der Waals surface area contributed by atoms with Crippen LogP contribution in [0.25, 0.3) is 0 Å². The van der Waals surface area contributed by atoms with Crippen molar-refractivity contribution in [2.45, 2.75) is 38.8 Å². The van der Waals surface area contributed by atoms with Gasteiger partial charge in [-0.2, -0.15) is 0 Å². The summed E-state index contributed by atoms with van der Waals surface area (Å²) in [6, 6.07) is 7.47. The van der Waals surface area contributed by atoms with E-state index in [1.54, 1.807) is 38.6 Å². The van der Waals surface area contributed by atoms with Gasteiger partial charge in [0.15, 0.2) is 0 Å². The predicted molar refractivity (Wildman–Crippen MR) is 90.1 cm³/mol. The Morgan fingerprint density at radius 1 is 1.20 bits per heavy atom. The van der Waals surface area contributed by atoms with Gasteiger partial charge in [-0.05, 0) is 37.6 Å². The molecule has 1 saturated heterocycles. The quantitative estimate of drug-likeness (QED) is 0.627. The zero-order valence-electron chi connectivity index (χ0n) is 14.2. The molecule has 6 nitrogen and oxygen atoms in total. The SMILES string of the molecule is CC(C)OC(=O)/C=C1\C[C@@H](c2cccnc2)O[C@@H](c2cccnc2)O1. The first-order chi connectivity index (χ1) is 12.1. The Labute approximate surface area is 146 Å². The van der Waals surface area contributed by atoms with Crippen LogP contribution in [-0.2, 0) is 19.0 Å². The zero-order valence-corrected chi connectivity index (χ0v) is 14.2. The molecule has 1 aliphatic heterocycles. The lowest BCUT2D eigenvalue weighted by molar-refractivity contribution is -0.191. The smallest absolute Gasteiger partial charge is 0.334 e. The number of hydrogen-bond acceptors (Lipinski definition) is 6. The summed E-state index contributed by atoms with van der Waals surface area (Å²) < 4.78 is 17.1. The van der Waals surface area contributed by atoms with Crippen molar-refractivity contribution in [2.24, 2.45) is 0 Å². The van der Waals surface area contributed by atoms with Gasteiger partial charge in [0.1, 0.15) is 5.76 Å². The number of rotatable bonds is 4. The minimum absolute atomic E-state index is 0.188. The van der Waals surface area contributed by atoms with Gasteiger partial charge in [0, 0.05) is 36.8 Å². The van der Waals surface area contributed by atoms with Gasteiger partial charge in [-0.15, -0.1) is 0 Å². The highest BCUT2D eigenvalue weighted by molar-refractivity contribution is 5.82. The molecule has 6 heteroatoms. The minimum Gasteiger partial charge on any atom is -0.464 e. The van der Waals surface area contributed by atoms with E-state index in [4.69, 9.17) is 14.2 Å². The second-order valence-electron chi connectivity index (χ2n) is 5.95. The molecule has 130 valence electrons. The highest BCUT2D eigenvalue weighted by atomic mass is 16.7. The van der Waals surface area contributed by atoms with E-state index in [9.17, 15) is 4.79 Å². The number of ether oxygens (including phenoxy) is 3. The molecule has 0 bridgehead atoms. The Morgan fingerprint density at radius 3 is 2.48 bits per heavy atom. The van der Waals surface area contributed by atoms with Gasteiger partial charge in [0.2, 0.25) is 6.29 Å². The average Bonchev–Trinajstić information content (AvgIpc) is 2.62. The van der Waals surface area contributed by atoms with Crippen molar-refractivity contribution in [3.05, 3.63) is 72.0 Å². The second-order valence-corrected chi connectivity index (χ2v) is 5.95. The third kappa shape index (κ3) is 4.64. The van der Waals surface area contributed by atoms with Crippen LogP contribution in [0.15, 0.2) is 60.9 Å². The Hall–Kier alpha value is -2.73. The van der Waals surface area contributed by atoms with E-state index in [0.29, 0.717) is 12.2 Å². The summed E-state index contributed by atoms with van der Waals surface area (Å²) in [6.07, 6.45) is 7.52. The summed E-state index contributed by atoms with van der Waals surface area (Å²) in [5.74, 6) is 0.0846. The zero-order chi connectivity index (χ0) is 17.6. The predicted octanol–water partition coefficient (Wildman–Crippen LogP) is 3.49. The topological polar surface area (TPSA) is 70.5 Å². The number of aromatic nitrogens is 2. The van der Waals surface area contributed by atoms with Crippen molar-refractivity contribution < 1.29 is 19.0 Å². The lowest BCUT2D eigenvalue weighted by atomic mass is 10.1. The highest BCUT2D eigenvalue weighted by Crippen LogP contribution is 2.38. The van der Waals surface area contributed by atoms with Gasteiger partial charge < -0.3 is 14.2 Å². The third-order valence-electron chi connectivity index (χ3n) is 3.58. The van der Waals surface area contributed by atoms with Crippen LogP contribution in [-0.4, -0.2) is 22.0 Å². The first-order valence-corrected chi connectivity index (χ1v) is 8.15. The van der Waals surface area contributed by atoms with E-state index in [2.05, 4.69) is 9.97 Å². The van der Waals surface area contributed by atoms with Gasteiger partial charge in [-0.3, -0.25) is 9.97 Å². The molecule has 2 aromatic heterocycles. The molecule has 2 aromatic rings. The van der Waals surface area contributed by atoms with Crippen LogP contribution < -0.4 is 0 Å². The monoisotopic (exact) mass is 340 g/mol. The summed E-state index contributed by atoms with van der Waals surface area (Å²) in [4.78, 5) is 20.2. The number of hydrogen-bond donors (Lipinski definition) is 0. The van der Waals surface area contributed by atoms with E-state index in [1.807, 2.05) is 24.3 Å². The molecule has 0 N–H and O–H groups in total. The molecule has 2 atom stereocenters. The Morgan fingerprint density at radius 2 is 1.88 bits per heavy atom. The first-order valence-electron chi connectivity index (χ1n) is 8.15. The lowest BCUT2D eigenvalue weighted by Crippen LogP contribution is -2.22. The first kappa shape index (κ1) is 17.1. The lowest BCUT2D eigenvalue weighted by Gasteiger charge is -2.32. The van der Waals surface area contributed by atoms with Gasteiger partial charge in [0.05, 0.1) is 18.3 Å². The summed E-state index contributed by atoms with van der Waals surface area (Å²) >= 11 is 0. The Kier molecular flexibility index (Phi) is 5.40. The van der Waals surface area contributed by atoms with Crippen LogP contribution in [0.3, 0.4) is 0 Å². The molecular formula is C19H20N2O4. The third-order valence-corrected chi connectivity index (χ3v) is 3.58. The molecule has 25 heavy (non-hydrogen) atoms. The van der Waals surface area contributed by atoms with Crippen LogP contribution in [0.1, 0.15) is 43.8 Å². The van der Waals surface area contributed by atoms with Crippen molar-refractivity contribution in [3.8, 4) is 0 Å². The molecular weight excluding hydrogens is 320 g/mol. The molecule has 0 aliphatic carbocycles. The largest absolute Gasteiger partial charge is 0.464 e. The van der Waals surface area contributed by atoms with Crippen LogP contribution in [0.4, 0.5) is 0 Å². The fourth-order valence-electron chi connectivity index (χ4n) is 2.51. The van der Waals surface area contributed by atoms with Crippen molar-refractivity contribution in [3.63, 3.8) is 0 Å². The molecule has 0 aromatic carbocycles. The van der Waals surface area contributed by atoms with E-state index < -0.39 is 12.3 Å². The van der Waals surface area contributed by atoms with Crippen molar-refractivity contribution >= 4 is 5.97 Å². The highest BCUT2D eigenvalue weighted by Gasteiger charge is 2.30. The van der Waals surface area contributed by atoms with Crippen molar-refractivity contribution in [1.82, 2.24) is 9.97 Å². The standard InChI is InChI=1S/C19H20N2O4/c1-13(2)23-18(22)10-16-9-17(14-5-3-7-20-11-14)25-19(24-16)15-6-4-8-21-12-15/h3-8,10-13,17,19H,9H2,1-2H3/b16-10+/t17-,19-/m0/s1. The number of nitrogens with zero attached hydrogens (tertiary/aromatic N) is 2. The molecule has 0 saturated carbocycles. The maximum Gasteiger partial charge on any atom is 0.334 e. The molecule has 1 aliphatic rings. The fourth-order valence-corrected chi connectivity index (χ4v) is 2.51. The Balaban J connectivity index is 1.86. The van der Waals surface area contributed by atoms with Crippen LogP contribution >= 0.6 is 0 Å². The molecule has 0 radical (unpaired) electrons. The number of carbonyl (C=O) groups is 1. The van der Waals surface area contributed by atoms with Crippen LogP contribution in [0.2, 0.25) is 0 Å². The van der Waals surface area contributed by atoms with E-state index in [0.717, 1.165) is 11.1 Å². The molecule has 0 spiro atoms. The molecule has 3 heterocycles. The maximum absolute atomic E-state index is 12.0. The van der Waals surface area contributed by atoms with Crippen LogP contribution in [0.5, 0.6) is 0 Å². The number of esters is 1. The average molecular weight is 340 g/mol. The van der Waals surface area contributed by atoms with Crippen LogP contribution in [0, 0.1) is 0 Å².